The van der Waals surface area contributed by atoms with E-state index in [1.165, 1.54) is 0 Å². The summed E-state index contributed by atoms with van der Waals surface area (Å²) < 4.78 is 10.3. The number of nitrogens with zero attached hydrogens (tertiary/aromatic N) is 3. The van der Waals surface area contributed by atoms with Crippen molar-refractivity contribution >= 4 is 14.2 Å². The molecular weight excluding hydrogens is 180 g/mol. The van der Waals surface area contributed by atoms with E-state index in [1.54, 1.807) is 11.6 Å². The average Bonchev–Trinajstić information content (AvgIpc) is 2.18. The molecule has 0 amide bonds. The summed E-state index contributed by atoms with van der Waals surface area (Å²) in [7, 11) is 0.210. The van der Waals surface area contributed by atoms with E-state index in [0.29, 0.717) is 19.5 Å². The zero-order valence-corrected chi connectivity index (χ0v) is 8.26. The average molecular weight is 193 g/mol. The Hall–Kier alpha value is -0.700. The van der Waals surface area contributed by atoms with Crippen molar-refractivity contribution in [2.45, 2.75) is 19.4 Å². The molecule has 0 bridgehead atoms. The van der Waals surface area contributed by atoms with Gasteiger partial charge >= 0.3 is 84.1 Å². The zero-order chi connectivity index (χ0) is 10.6. The second-order valence-corrected chi connectivity index (χ2v) is 3.43. The van der Waals surface area contributed by atoms with Gasteiger partial charge in [-0.2, -0.15) is 0 Å². The molecule has 1 N–H and O–H groups in total. The molecule has 1 fully saturated rings. The Balaban J connectivity index is 2.58. The van der Waals surface area contributed by atoms with Crippen LogP contribution < -0.4 is 0 Å². The minimum absolute atomic E-state index is 0.252. The second kappa shape index (κ2) is 5.25. The summed E-state index contributed by atoms with van der Waals surface area (Å²) in [5.74, 6) is 0. The van der Waals surface area contributed by atoms with Gasteiger partial charge in [0.15, 0.2) is 0 Å². The van der Waals surface area contributed by atoms with Gasteiger partial charge in [-0.05, 0) is 0 Å². The Kier molecular flexibility index (Phi) is 4.26. The van der Waals surface area contributed by atoms with Crippen LogP contribution in [-0.2, 0) is 4.70 Å². The van der Waals surface area contributed by atoms with Crippen molar-refractivity contribution in [1.82, 2.24) is 9.71 Å². The van der Waals surface area contributed by atoms with Crippen molar-refractivity contribution in [2.24, 2.45) is 0 Å². The van der Waals surface area contributed by atoms with E-state index < -0.39 is 7.05 Å². The van der Waals surface area contributed by atoms with Crippen molar-refractivity contribution in [3.8, 4) is 0 Å². The maximum absolute atomic E-state index is 10.3. The van der Waals surface area contributed by atoms with Gasteiger partial charge in [0.05, 0.1) is 0 Å². The Morgan fingerprint density at radius 3 is 3.00 bits per heavy atom. The van der Waals surface area contributed by atoms with Crippen LogP contribution in [0, 0.1) is 6.57 Å². The number of hydrogen-bond donors (Lipinski definition) is 1. The quantitative estimate of drug-likeness (QED) is 0.476. The van der Waals surface area contributed by atoms with E-state index in [0.717, 1.165) is 13.7 Å². The van der Waals surface area contributed by atoms with Gasteiger partial charge in [-0.25, -0.2) is 0 Å². The molecule has 74 valence electrons. The first-order valence-corrected chi connectivity index (χ1v) is 4.65. The van der Waals surface area contributed by atoms with Gasteiger partial charge in [-0.1, -0.05) is 0 Å². The third-order valence-corrected chi connectivity index (χ3v) is 2.41. The maximum atomic E-state index is 10.3. The molecule has 0 saturated carbocycles. The van der Waals surface area contributed by atoms with E-state index >= 15 is 0 Å². The van der Waals surface area contributed by atoms with Crippen molar-refractivity contribution in [3.63, 3.8) is 0 Å². The third-order valence-electron chi connectivity index (χ3n) is 2.41. The SMILES string of the molecule is [C-]#[N+]C1CCN(CB=O)CN1B(C)O. The molecule has 1 aliphatic heterocycles. The standard InChI is InChI=1S/C7H13B2N3O2/c1-9(14)12-6-11(5-8-13)4-3-7(12)10-2/h7,14H,3-6H2,1H3. The molecule has 0 aromatic carbocycles. The van der Waals surface area contributed by atoms with Crippen LogP contribution >= 0.6 is 0 Å². The number of hydrogen-bond acceptors (Lipinski definition) is 4. The van der Waals surface area contributed by atoms with E-state index in [-0.39, 0.29) is 6.17 Å². The fourth-order valence-corrected chi connectivity index (χ4v) is 1.62. The van der Waals surface area contributed by atoms with Crippen molar-refractivity contribution in [2.75, 3.05) is 19.7 Å². The van der Waals surface area contributed by atoms with E-state index in [1.807, 2.05) is 4.90 Å². The summed E-state index contributed by atoms with van der Waals surface area (Å²) in [6, 6.07) is 0. The molecule has 1 rings (SSSR count). The first-order chi connectivity index (χ1) is 6.69. The van der Waals surface area contributed by atoms with Crippen LogP contribution in [0.1, 0.15) is 6.42 Å². The molecule has 5 nitrogen and oxygen atoms in total. The van der Waals surface area contributed by atoms with Gasteiger partial charge in [-0.3, -0.25) is 0 Å². The molecule has 0 spiro atoms. The van der Waals surface area contributed by atoms with Gasteiger partial charge in [0, 0.05) is 0 Å². The van der Waals surface area contributed by atoms with Gasteiger partial charge < -0.3 is 0 Å². The summed E-state index contributed by atoms with van der Waals surface area (Å²) in [5.41, 5.74) is 0. The molecule has 7 heteroatoms. The fraction of sp³-hybridized carbons (Fsp3) is 0.857. The van der Waals surface area contributed by atoms with Gasteiger partial charge in [0.2, 0.25) is 0 Å². The summed E-state index contributed by atoms with van der Waals surface area (Å²) >= 11 is 0. The molecule has 0 aromatic rings. The first kappa shape index (κ1) is 11.4. The minimum atomic E-state index is -0.636. The predicted octanol–water partition coefficient (Wildman–Crippen LogP) is -0.686. The van der Waals surface area contributed by atoms with E-state index in [4.69, 9.17) is 6.57 Å². The van der Waals surface area contributed by atoms with Crippen LogP contribution in [0.25, 0.3) is 4.85 Å². The van der Waals surface area contributed by atoms with Crippen LogP contribution in [0.3, 0.4) is 0 Å². The number of rotatable bonds is 3. The third kappa shape index (κ3) is 2.64. The van der Waals surface area contributed by atoms with Crippen LogP contribution in [-0.4, -0.2) is 54.8 Å². The first-order valence-electron chi connectivity index (χ1n) is 4.65. The fourth-order valence-electron chi connectivity index (χ4n) is 1.62. The van der Waals surface area contributed by atoms with Gasteiger partial charge in [0.1, 0.15) is 0 Å². The van der Waals surface area contributed by atoms with E-state index in [9.17, 15) is 9.73 Å². The van der Waals surface area contributed by atoms with Crippen molar-refractivity contribution in [1.29, 1.82) is 0 Å². The van der Waals surface area contributed by atoms with E-state index in [2.05, 4.69) is 4.85 Å². The molecule has 1 atom stereocenters. The molecule has 0 aromatic heterocycles. The monoisotopic (exact) mass is 193 g/mol. The molecular formula is C7H13B2N3O2. The van der Waals surface area contributed by atoms with Crippen LogP contribution in [0.2, 0.25) is 6.82 Å². The van der Waals surface area contributed by atoms with Crippen LogP contribution in [0.4, 0.5) is 0 Å². The molecule has 0 radical (unpaired) electrons. The molecule has 0 aliphatic carbocycles. The van der Waals surface area contributed by atoms with Crippen molar-refractivity contribution in [3.05, 3.63) is 11.4 Å². The summed E-state index contributed by atoms with van der Waals surface area (Å²) in [6.07, 6.45) is 0.800. The molecule has 1 unspecified atom stereocenters. The Bertz CT molecular complexity index is 244. The topological polar surface area (TPSA) is 48.1 Å². The molecule has 1 aliphatic rings. The predicted molar refractivity (Wildman–Crippen MR) is 53.6 cm³/mol. The Morgan fingerprint density at radius 2 is 2.50 bits per heavy atom. The van der Waals surface area contributed by atoms with Crippen LogP contribution in [0.15, 0.2) is 0 Å². The summed E-state index contributed by atoms with van der Waals surface area (Å²) in [4.78, 5) is 7.06. The van der Waals surface area contributed by atoms with Crippen molar-refractivity contribution < 1.29 is 9.73 Å². The zero-order valence-electron chi connectivity index (χ0n) is 8.26. The van der Waals surface area contributed by atoms with Gasteiger partial charge in [-0.15, -0.1) is 0 Å². The molecule has 14 heavy (non-hydrogen) atoms. The summed E-state index contributed by atoms with van der Waals surface area (Å²) in [5, 5.41) is 9.43. The summed E-state index contributed by atoms with van der Waals surface area (Å²) in [6.45, 7) is 9.85. The Labute approximate surface area is 84.9 Å². The molecule has 1 heterocycles. The second-order valence-electron chi connectivity index (χ2n) is 3.43. The molecule has 1 saturated heterocycles. The normalized spacial score (nSPS) is 23.9. The van der Waals surface area contributed by atoms with Crippen LogP contribution in [0.5, 0.6) is 0 Å². The van der Waals surface area contributed by atoms with Gasteiger partial charge in [0.25, 0.3) is 0 Å². The Morgan fingerprint density at radius 1 is 1.79 bits per heavy atom.